The van der Waals surface area contributed by atoms with E-state index < -0.39 is 0 Å². The Bertz CT molecular complexity index is 843. The average molecular weight is 435 g/mol. The van der Waals surface area contributed by atoms with E-state index in [4.69, 9.17) is 0 Å². The van der Waals surface area contributed by atoms with Gasteiger partial charge >= 0.3 is 0 Å². The number of rotatable bonds is 7. The number of halogens is 1. The number of imidazole rings is 1. The predicted molar refractivity (Wildman–Crippen MR) is 101 cm³/mol. The van der Waals surface area contributed by atoms with E-state index in [1.807, 2.05) is 18.5 Å². The second-order valence-corrected chi connectivity index (χ2v) is 6.76. The molecule has 26 heavy (non-hydrogen) atoms. The molecule has 0 fully saturated rings. The number of anilines is 1. The summed E-state index contributed by atoms with van der Waals surface area (Å²) in [6.07, 6.45) is 7.99. The summed E-state index contributed by atoms with van der Waals surface area (Å²) in [5.41, 5.74) is 3.21. The zero-order valence-electron chi connectivity index (χ0n) is 15.2. The van der Waals surface area contributed by atoms with E-state index in [-0.39, 0.29) is 17.0 Å². The van der Waals surface area contributed by atoms with Gasteiger partial charge in [0.05, 0.1) is 19.3 Å². The molecule has 0 saturated carbocycles. The number of thiazole rings is 1. The van der Waals surface area contributed by atoms with Gasteiger partial charge in [-0.15, -0.1) is 21.6 Å². The fourth-order valence-corrected chi connectivity index (χ4v) is 3.10. The molecule has 2 aromatic heterocycles. The standard InChI is InChI=1S/C18H23N6S.BrH/c1-4-24(11-10-23-9-8-22(3)14-23)16-5-6-17(15(2)13-16)20-21-18-19-7-12-25-18;/h5-9,12-14H,4,10-11H2,1-3H3;1H/q+1;/p-1. The Labute approximate surface area is 168 Å². The van der Waals surface area contributed by atoms with Crippen LogP contribution in [0.3, 0.4) is 0 Å². The lowest BCUT2D eigenvalue weighted by Crippen LogP contribution is -3.00. The first-order valence-corrected chi connectivity index (χ1v) is 9.21. The SMILES string of the molecule is CCN(CCn1cc[n+](C)c1)c1ccc(N=Nc2nccs2)c(C)c1.[Br-]. The number of likely N-dealkylation sites (N-methyl/N-ethyl adjacent to an activating group) is 1. The monoisotopic (exact) mass is 434 g/mol. The summed E-state index contributed by atoms with van der Waals surface area (Å²) in [5, 5.41) is 11.1. The second-order valence-electron chi connectivity index (χ2n) is 5.88. The van der Waals surface area contributed by atoms with Crippen molar-refractivity contribution in [1.29, 1.82) is 0 Å². The molecule has 0 aliphatic heterocycles. The summed E-state index contributed by atoms with van der Waals surface area (Å²) in [4.78, 5) is 6.49. The van der Waals surface area contributed by atoms with E-state index in [1.54, 1.807) is 6.20 Å². The van der Waals surface area contributed by atoms with Crippen LogP contribution in [0.2, 0.25) is 0 Å². The molecule has 0 aliphatic rings. The summed E-state index contributed by atoms with van der Waals surface area (Å²) in [7, 11) is 2.04. The largest absolute Gasteiger partial charge is 1.00 e. The van der Waals surface area contributed by atoms with Gasteiger partial charge in [0.1, 0.15) is 18.9 Å². The Morgan fingerprint density at radius 1 is 1.31 bits per heavy atom. The van der Waals surface area contributed by atoms with Crippen LogP contribution in [0.4, 0.5) is 16.5 Å². The lowest BCUT2D eigenvalue weighted by Gasteiger charge is -2.22. The molecular weight excluding hydrogens is 412 g/mol. The fraction of sp³-hybridized carbons (Fsp3) is 0.333. The van der Waals surface area contributed by atoms with Gasteiger partial charge in [0.25, 0.3) is 0 Å². The Morgan fingerprint density at radius 2 is 2.15 bits per heavy atom. The van der Waals surface area contributed by atoms with Crippen LogP contribution in [0.15, 0.2) is 58.7 Å². The van der Waals surface area contributed by atoms with Crippen molar-refractivity contribution < 1.29 is 21.5 Å². The smallest absolute Gasteiger partial charge is 0.243 e. The van der Waals surface area contributed by atoms with E-state index in [1.165, 1.54) is 17.0 Å². The molecule has 3 aromatic rings. The Hall–Kier alpha value is -2.06. The second kappa shape index (κ2) is 9.59. The lowest BCUT2D eigenvalue weighted by atomic mass is 10.1. The third kappa shape index (κ3) is 5.22. The van der Waals surface area contributed by atoms with Crippen molar-refractivity contribution >= 4 is 27.8 Å². The first-order valence-electron chi connectivity index (χ1n) is 8.33. The van der Waals surface area contributed by atoms with Crippen molar-refractivity contribution in [2.75, 3.05) is 18.0 Å². The van der Waals surface area contributed by atoms with Crippen molar-refractivity contribution in [3.8, 4) is 0 Å². The molecule has 1 aromatic carbocycles. The van der Waals surface area contributed by atoms with Gasteiger partial charge in [0.2, 0.25) is 11.5 Å². The Morgan fingerprint density at radius 3 is 2.77 bits per heavy atom. The molecule has 0 unspecified atom stereocenters. The maximum atomic E-state index is 4.32. The number of azo groups is 1. The number of hydrogen-bond donors (Lipinski definition) is 0. The van der Waals surface area contributed by atoms with Crippen LogP contribution in [0.5, 0.6) is 0 Å². The minimum Gasteiger partial charge on any atom is -1.00 e. The minimum absolute atomic E-state index is 0. The highest BCUT2D eigenvalue weighted by Crippen LogP contribution is 2.27. The molecule has 3 rings (SSSR count). The molecule has 2 heterocycles. The molecule has 138 valence electrons. The molecule has 0 atom stereocenters. The van der Waals surface area contributed by atoms with Gasteiger partial charge < -0.3 is 21.9 Å². The van der Waals surface area contributed by atoms with Crippen LogP contribution in [0.1, 0.15) is 12.5 Å². The molecule has 0 radical (unpaired) electrons. The number of nitrogens with zero attached hydrogens (tertiary/aromatic N) is 6. The van der Waals surface area contributed by atoms with Gasteiger partial charge in [0.15, 0.2) is 0 Å². The quantitative estimate of drug-likeness (QED) is 0.411. The molecule has 6 nitrogen and oxygen atoms in total. The fourth-order valence-electron chi connectivity index (χ4n) is 2.65. The van der Waals surface area contributed by atoms with Crippen molar-refractivity contribution in [1.82, 2.24) is 9.55 Å². The number of aryl methyl sites for hydroxylation is 2. The first kappa shape index (κ1) is 20.3. The zero-order valence-corrected chi connectivity index (χ0v) is 17.6. The van der Waals surface area contributed by atoms with Gasteiger partial charge in [-0.25, -0.2) is 14.1 Å². The summed E-state index contributed by atoms with van der Waals surface area (Å²) >= 11 is 1.48. The molecule has 0 N–H and O–H groups in total. The maximum absolute atomic E-state index is 4.32. The van der Waals surface area contributed by atoms with Crippen LogP contribution in [0.25, 0.3) is 0 Å². The number of aromatic nitrogens is 3. The number of benzene rings is 1. The first-order chi connectivity index (χ1) is 12.2. The minimum atomic E-state index is 0. The normalized spacial score (nSPS) is 10.9. The summed E-state index contributed by atoms with van der Waals surface area (Å²) in [6, 6.07) is 6.32. The molecule has 0 spiro atoms. The topological polar surface area (TPSA) is 49.7 Å². The summed E-state index contributed by atoms with van der Waals surface area (Å²) in [5.74, 6) is 0. The third-order valence-electron chi connectivity index (χ3n) is 4.04. The van der Waals surface area contributed by atoms with Crippen LogP contribution in [0, 0.1) is 6.92 Å². The summed E-state index contributed by atoms with van der Waals surface area (Å²) < 4.78 is 4.26. The highest BCUT2D eigenvalue weighted by atomic mass is 79.9. The van der Waals surface area contributed by atoms with E-state index in [2.05, 4.69) is 73.9 Å². The van der Waals surface area contributed by atoms with Crippen LogP contribution in [-0.2, 0) is 13.6 Å². The van der Waals surface area contributed by atoms with Gasteiger partial charge in [-0.2, -0.15) is 0 Å². The van der Waals surface area contributed by atoms with Crippen molar-refractivity contribution in [2.45, 2.75) is 20.4 Å². The molecule has 0 bridgehead atoms. The van der Waals surface area contributed by atoms with E-state index in [9.17, 15) is 0 Å². The molecule has 0 aliphatic carbocycles. The average Bonchev–Trinajstić information content (AvgIpc) is 3.26. The molecule has 0 saturated heterocycles. The maximum Gasteiger partial charge on any atom is 0.243 e. The molecular formula is C18H23BrN6S. The van der Waals surface area contributed by atoms with Crippen LogP contribution in [-0.4, -0.2) is 22.6 Å². The molecule has 8 heteroatoms. The molecule has 0 amide bonds. The van der Waals surface area contributed by atoms with Gasteiger partial charge in [0, 0.05) is 23.8 Å². The summed E-state index contributed by atoms with van der Waals surface area (Å²) in [6.45, 7) is 7.14. The number of hydrogen-bond acceptors (Lipinski definition) is 5. The highest BCUT2D eigenvalue weighted by molar-refractivity contribution is 7.13. The van der Waals surface area contributed by atoms with Gasteiger partial charge in [-0.3, -0.25) is 0 Å². The third-order valence-corrected chi connectivity index (χ3v) is 4.70. The van der Waals surface area contributed by atoms with E-state index >= 15 is 0 Å². The lowest BCUT2D eigenvalue weighted by molar-refractivity contribution is -0.671. The van der Waals surface area contributed by atoms with Crippen molar-refractivity contribution in [3.63, 3.8) is 0 Å². The van der Waals surface area contributed by atoms with Crippen LogP contribution < -0.4 is 26.4 Å². The van der Waals surface area contributed by atoms with Crippen molar-refractivity contribution in [3.05, 3.63) is 54.1 Å². The van der Waals surface area contributed by atoms with Gasteiger partial charge in [-0.05, 0) is 37.6 Å². The van der Waals surface area contributed by atoms with Crippen molar-refractivity contribution in [2.24, 2.45) is 17.3 Å². The predicted octanol–water partition coefficient (Wildman–Crippen LogP) is 1.02. The van der Waals surface area contributed by atoms with Gasteiger partial charge in [-0.1, -0.05) is 0 Å². The Kier molecular flexibility index (Phi) is 7.47. The van der Waals surface area contributed by atoms with E-state index in [0.29, 0.717) is 5.13 Å². The highest BCUT2D eigenvalue weighted by Gasteiger charge is 2.09. The van der Waals surface area contributed by atoms with E-state index in [0.717, 1.165) is 30.9 Å². The zero-order chi connectivity index (χ0) is 17.6. The van der Waals surface area contributed by atoms with Crippen LogP contribution >= 0.6 is 11.3 Å². The Balaban J connectivity index is 0.00000243.